The van der Waals surface area contributed by atoms with Crippen molar-refractivity contribution in [3.8, 4) is 0 Å². The lowest BCUT2D eigenvalue weighted by molar-refractivity contribution is -0.139. The molecule has 9 rings (SSSR count). The van der Waals surface area contributed by atoms with E-state index in [9.17, 15) is 43.8 Å². The fourth-order valence-corrected chi connectivity index (χ4v) is 9.51. The number of Topliss-reactive ketones (excluding diaryl/α,β-unsaturated/α-hetero) is 1. The molecule has 16 nitrogen and oxygen atoms in total. The molecule has 3 fully saturated rings. The highest BCUT2D eigenvalue weighted by atomic mass is 35.5. The number of carbonyl (C=O) groups excluding carboxylic acids is 6. The number of carbonyl (C=O) groups is 7. The zero-order valence-electron chi connectivity index (χ0n) is 43.9. The topological polar surface area (TPSA) is 266 Å². The van der Waals surface area contributed by atoms with Crippen LogP contribution in [0.5, 0.6) is 0 Å². The highest BCUT2D eigenvalue weighted by molar-refractivity contribution is 6.42. The molecule has 5 atom stereocenters. The van der Waals surface area contributed by atoms with E-state index in [0.29, 0.717) is 6.42 Å². The van der Waals surface area contributed by atoms with Crippen LogP contribution in [-0.2, 0) is 38.4 Å². The first-order chi connectivity index (χ1) is 39.2. The molecule has 432 valence electrons. The zero-order chi connectivity index (χ0) is 59.5. The number of halogens is 6. The van der Waals surface area contributed by atoms with Gasteiger partial charge in [0.25, 0.3) is 29.5 Å². The molecule has 3 saturated carbocycles. The number of rotatable bonds is 20. The number of carboxylic acid groups (broad SMARTS) is 1. The largest absolute Gasteiger partial charge is 0.478 e. The number of aromatic carboxylic acids is 1. The van der Waals surface area contributed by atoms with Gasteiger partial charge in [-0.15, -0.1) is 0 Å². The molecule has 0 aromatic heterocycles. The number of nitrogens with two attached hydrogens (primary N) is 1. The van der Waals surface area contributed by atoms with Crippen molar-refractivity contribution < 1.29 is 48.9 Å². The van der Waals surface area contributed by atoms with Crippen LogP contribution in [0.2, 0.25) is 30.1 Å². The molecule has 0 aliphatic heterocycles. The van der Waals surface area contributed by atoms with E-state index in [-0.39, 0.29) is 83.7 Å². The number of nitrogens with one attached hydrogen (secondary N) is 5. The first-order valence-corrected chi connectivity index (χ1v) is 28.3. The van der Waals surface area contributed by atoms with Crippen molar-refractivity contribution in [1.82, 2.24) is 26.6 Å². The summed E-state index contributed by atoms with van der Waals surface area (Å²) < 4.78 is 0. The summed E-state index contributed by atoms with van der Waals surface area (Å²) in [5, 5.41) is 43.5. The van der Waals surface area contributed by atoms with E-state index in [1.54, 1.807) is 30.3 Å². The predicted octanol–water partition coefficient (Wildman–Crippen LogP) is 9.04. The molecule has 0 radical (unpaired) electrons. The summed E-state index contributed by atoms with van der Waals surface area (Å²) >= 11 is 35.5. The minimum atomic E-state index is -1.39. The Labute approximate surface area is 504 Å². The van der Waals surface area contributed by atoms with E-state index >= 15 is 0 Å². The first-order valence-electron chi connectivity index (χ1n) is 26.1. The molecule has 82 heavy (non-hydrogen) atoms. The van der Waals surface area contributed by atoms with Crippen LogP contribution in [0.1, 0.15) is 86.3 Å². The summed E-state index contributed by atoms with van der Waals surface area (Å²) in [6, 6.07) is 40.1. The molecule has 2 unspecified atom stereocenters. The van der Waals surface area contributed by atoms with Gasteiger partial charge >= 0.3 is 5.97 Å². The Hall–Kier alpha value is -6.57. The van der Waals surface area contributed by atoms with Crippen molar-refractivity contribution >= 4 is 111 Å². The zero-order valence-corrected chi connectivity index (χ0v) is 48.4. The number of aliphatic hydroxyl groups excluding tert-OH is 2. The molecule has 0 heterocycles. The van der Waals surface area contributed by atoms with Crippen molar-refractivity contribution in [2.75, 3.05) is 0 Å². The summed E-state index contributed by atoms with van der Waals surface area (Å²) in [7, 11) is 0. The highest BCUT2D eigenvalue weighted by Crippen LogP contribution is 2.27. The second-order valence-corrected chi connectivity index (χ2v) is 21.9. The minimum Gasteiger partial charge on any atom is -0.478 e. The summed E-state index contributed by atoms with van der Waals surface area (Å²) in [5.41, 5.74) is 8.71. The number of hydrogen-bond acceptors (Lipinski definition) is 10. The summed E-state index contributed by atoms with van der Waals surface area (Å²) in [6.45, 7) is 0. The molecule has 5 amide bonds. The summed E-state index contributed by atoms with van der Waals surface area (Å²) in [5.74, 6) is -4.48. The van der Waals surface area contributed by atoms with Gasteiger partial charge in [-0.2, -0.15) is 0 Å². The van der Waals surface area contributed by atoms with Crippen LogP contribution < -0.4 is 32.3 Å². The average Bonchev–Trinajstić information content (AvgIpc) is 4.40. The van der Waals surface area contributed by atoms with Gasteiger partial charge in [-0.25, -0.2) is 4.79 Å². The van der Waals surface area contributed by atoms with Crippen LogP contribution >= 0.6 is 69.6 Å². The van der Waals surface area contributed by atoms with Crippen LogP contribution in [0.15, 0.2) is 146 Å². The van der Waals surface area contributed by atoms with Gasteiger partial charge in [-0.05, 0) is 104 Å². The van der Waals surface area contributed by atoms with Crippen LogP contribution in [0.3, 0.4) is 0 Å². The second-order valence-electron chi connectivity index (χ2n) is 19.5. The molecule has 0 spiro atoms. The molecule has 10 N–H and O–H groups in total. The molecular weight excluding hydrogens is 1180 g/mol. The molecule has 22 heteroatoms. The third-order valence-electron chi connectivity index (χ3n) is 12.7. The lowest BCUT2D eigenvalue weighted by atomic mass is 10.00. The SMILES string of the molecule is N[C@@H](Cc1ccccc1)C(O)C(=O)NC1CC1.O=C(NC1CC1)C(=O)[C@H](Cc1ccccc1)NC(=O)c1c(Cl)cccc1Cl.O=C(N[C@@H](Cc1ccccc1)C(O)C(=O)NC1CC1)c1c(Cl)cccc1Cl.O=C(O)c1c(Cl)cccc1Cl. The van der Waals surface area contributed by atoms with Gasteiger partial charge in [0.05, 0.1) is 52.9 Å². The lowest BCUT2D eigenvalue weighted by Gasteiger charge is -2.24. The molecule has 0 bridgehead atoms. The molecule has 0 saturated heterocycles. The number of carboxylic acids is 1. The van der Waals surface area contributed by atoms with E-state index in [2.05, 4.69) is 26.6 Å². The molecule has 3 aliphatic rings. The Balaban J connectivity index is 0.000000185. The Morgan fingerprint density at radius 1 is 0.439 bits per heavy atom. The molecular formula is C60H60Cl6N6O10. The number of aliphatic hydroxyl groups is 2. The number of hydrogen-bond donors (Lipinski definition) is 9. The quantitative estimate of drug-likeness (QED) is 0.0326. The third-order valence-corrected chi connectivity index (χ3v) is 14.6. The van der Waals surface area contributed by atoms with E-state index < -0.39 is 65.7 Å². The average molecular weight is 1240 g/mol. The van der Waals surface area contributed by atoms with Gasteiger partial charge in [0.15, 0.2) is 6.10 Å². The van der Waals surface area contributed by atoms with Gasteiger partial charge in [0.2, 0.25) is 5.78 Å². The first kappa shape index (κ1) is 64.6. The third kappa shape index (κ3) is 20.7. The number of amides is 5. The number of ketones is 1. The Bertz CT molecular complexity index is 3110. The Morgan fingerprint density at radius 2 is 0.780 bits per heavy atom. The van der Waals surface area contributed by atoms with Crippen LogP contribution in [0.25, 0.3) is 0 Å². The van der Waals surface area contributed by atoms with Gasteiger partial charge in [0.1, 0.15) is 12.1 Å². The Morgan fingerprint density at radius 3 is 1.16 bits per heavy atom. The van der Waals surface area contributed by atoms with Crippen molar-refractivity contribution in [1.29, 1.82) is 0 Å². The van der Waals surface area contributed by atoms with Crippen molar-refractivity contribution in [3.05, 3.63) is 209 Å². The van der Waals surface area contributed by atoms with E-state index in [1.807, 2.05) is 91.0 Å². The van der Waals surface area contributed by atoms with Gasteiger partial charge < -0.3 is 47.6 Å². The maximum Gasteiger partial charge on any atom is 0.338 e. The van der Waals surface area contributed by atoms with Gasteiger partial charge in [0, 0.05) is 30.6 Å². The second kappa shape index (κ2) is 31.7. The molecule has 6 aromatic carbocycles. The molecule has 3 aliphatic carbocycles. The predicted molar refractivity (Wildman–Crippen MR) is 318 cm³/mol. The van der Waals surface area contributed by atoms with E-state index in [0.717, 1.165) is 55.2 Å². The summed E-state index contributed by atoms with van der Waals surface area (Å²) in [6.07, 6.45) is 4.01. The lowest BCUT2D eigenvalue weighted by Crippen LogP contribution is -2.52. The summed E-state index contributed by atoms with van der Waals surface area (Å²) in [4.78, 5) is 84.6. The van der Waals surface area contributed by atoms with E-state index in [4.69, 9.17) is 80.4 Å². The van der Waals surface area contributed by atoms with Gasteiger partial charge in [-0.3, -0.25) is 28.8 Å². The monoisotopic (exact) mass is 1230 g/mol. The number of benzene rings is 6. The highest BCUT2D eigenvalue weighted by Gasteiger charge is 2.35. The normalized spacial score (nSPS) is 15.0. The standard InChI is InChI=1S/C20H20Cl2N2O3.C20H18Cl2N2O3.C13H18N2O2.C7H4Cl2O2/c2*21-14-7-4-8-15(22)17(14)19(26)24-16(11-12-5-2-1-3-6-12)18(25)20(27)23-13-9-10-13;14-11(8-9-4-2-1-3-5-9)12(16)13(17)15-10-6-7-10;8-4-2-1-3-5(9)6(4)7(10)11/h1-8,13,16,18,25H,9-11H2,(H,23,27)(H,24,26);1-8,13,16H,9-11H2,(H,23,27)(H,24,26);1-5,10-12,16H,6-8,14H2,(H,15,17);1-3H,(H,10,11)/t16-,18?;16-;11-,12?;/m000./s1. The van der Waals surface area contributed by atoms with Crippen LogP contribution in [-0.4, -0.2) is 105 Å². The smallest absolute Gasteiger partial charge is 0.338 e. The van der Waals surface area contributed by atoms with Crippen LogP contribution in [0, 0.1) is 0 Å². The fourth-order valence-electron chi connectivity index (χ4n) is 7.82. The van der Waals surface area contributed by atoms with Crippen molar-refractivity contribution in [2.24, 2.45) is 5.73 Å². The Kier molecular flexibility index (Phi) is 25.0. The fraction of sp³-hybridized carbons (Fsp3) is 0.283. The molecule has 6 aromatic rings. The van der Waals surface area contributed by atoms with Crippen molar-refractivity contribution in [3.63, 3.8) is 0 Å². The minimum absolute atomic E-state index is 0.0455. The van der Waals surface area contributed by atoms with Gasteiger partial charge in [-0.1, -0.05) is 179 Å². The maximum absolute atomic E-state index is 12.7. The maximum atomic E-state index is 12.7. The van der Waals surface area contributed by atoms with E-state index in [1.165, 1.54) is 24.3 Å². The van der Waals surface area contributed by atoms with Crippen LogP contribution in [0.4, 0.5) is 0 Å². The van der Waals surface area contributed by atoms with Crippen molar-refractivity contribution in [2.45, 2.75) is 106 Å².